The van der Waals surface area contributed by atoms with Crippen LogP contribution in [0.1, 0.15) is 82.8 Å². The normalized spacial score (nSPS) is 16.5. The van der Waals surface area contributed by atoms with Crippen LogP contribution >= 0.6 is 0 Å². The summed E-state index contributed by atoms with van der Waals surface area (Å²) < 4.78 is 0. The lowest BCUT2D eigenvalue weighted by Crippen LogP contribution is -2.04. The van der Waals surface area contributed by atoms with Crippen molar-refractivity contribution in [3.63, 3.8) is 0 Å². The zero-order valence-corrected chi connectivity index (χ0v) is 12.0. The van der Waals surface area contributed by atoms with Gasteiger partial charge in [0.1, 0.15) is 0 Å². The first-order chi connectivity index (χ1) is 8.27. The second-order valence-electron chi connectivity index (χ2n) is 5.16. The first kappa shape index (κ1) is 14.3. The molecule has 2 rings (SSSR count). The predicted molar refractivity (Wildman–Crippen MR) is 77.7 cm³/mol. The van der Waals surface area contributed by atoms with Crippen LogP contribution in [0, 0.1) is 0 Å². The lowest BCUT2D eigenvalue weighted by Gasteiger charge is -2.22. The van der Waals surface area contributed by atoms with Gasteiger partial charge in [0.05, 0.1) is 0 Å². The molecule has 1 aromatic carbocycles. The van der Waals surface area contributed by atoms with E-state index in [2.05, 4.69) is 38.1 Å². The molecule has 0 amide bonds. The van der Waals surface area contributed by atoms with Crippen molar-refractivity contribution >= 4 is 0 Å². The zero-order valence-electron chi connectivity index (χ0n) is 12.0. The van der Waals surface area contributed by atoms with Crippen molar-refractivity contribution in [3.05, 3.63) is 35.4 Å². The number of benzene rings is 1. The summed E-state index contributed by atoms with van der Waals surface area (Å²) in [7, 11) is 0. The molecule has 0 aliphatic heterocycles. The molecule has 1 saturated carbocycles. The summed E-state index contributed by atoms with van der Waals surface area (Å²) in [5, 5.41) is 0. The molecule has 0 N–H and O–H groups in total. The average Bonchev–Trinajstić information content (AvgIpc) is 2.42. The lowest BCUT2D eigenvalue weighted by atomic mass is 9.83. The van der Waals surface area contributed by atoms with E-state index in [0.29, 0.717) is 5.92 Å². The van der Waals surface area contributed by atoms with E-state index in [1.165, 1.54) is 37.7 Å². The highest BCUT2D eigenvalue weighted by Crippen LogP contribution is 2.32. The zero-order chi connectivity index (χ0) is 12.7. The van der Waals surface area contributed by atoms with E-state index in [1.54, 1.807) is 5.56 Å². The SMILES string of the molecule is CC.CC(C)c1ccc(C2CCCCC2)cc1. The third-order valence-corrected chi connectivity index (χ3v) is 3.68. The van der Waals surface area contributed by atoms with Crippen LogP contribution < -0.4 is 0 Å². The largest absolute Gasteiger partial charge is 0.0683 e. The molecule has 0 aromatic heterocycles. The van der Waals surface area contributed by atoms with Crippen molar-refractivity contribution in [3.8, 4) is 0 Å². The fraction of sp³-hybridized carbons (Fsp3) is 0.647. The lowest BCUT2D eigenvalue weighted by molar-refractivity contribution is 0.443. The standard InChI is InChI=1S/C15H22.C2H6/c1-12(2)13-8-10-15(11-9-13)14-6-4-3-5-7-14;1-2/h8-12,14H,3-7H2,1-2H3;1-2H3. The molecule has 0 radical (unpaired) electrons. The third-order valence-electron chi connectivity index (χ3n) is 3.68. The number of hydrogen-bond acceptors (Lipinski definition) is 0. The minimum Gasteiger partial charge on any atom is -0.0683 e. The maximum absolute atomic E-state index is 2.35. The Morgan fingerprint density at radius 3 is 1.88 bits per heavy atom. The molecule has 0 heterocycles. The Hall–Kier alpha value is -0.780. The maximum atomic E-state index is 2.35. The molecular formula is C17H28. The second-order valence-corrected chi connectivity index (χ2v) is 5.16. The van der Waals surface area contributed by atoms with Crippen LogP contribution in [0.25, 0.3) is 0 Å². The van der Waals surface area contributed by atoms with Gasteiger partial charge in [-0.25, -0.2) is 0 Å². The van der Waals surface area contributed by atoms with Gasteiger partial charge in [0.15, 0.2) is 0 Å². The van der Waals surface area contributed by atoms with Crippen molar-refractivity contribution in [1.29, 1.82) is 0 Å². The summed E-state index contributed by atoms with van der Waals surface area (Å²) in [6, 6.07) is 9.33. The van der Waals surface area contributed by atoms with Crippen molar-refractivity contribution in [2.45, 2.75) is 71.6 Å². The molecule has 0 spiro atoms. The Morgan fingerprint density at radius 2 is 1.41 bits per heavy atom. The topological polar surface area (TPSA) is 0 Å². The molecule has 0 bridgehead atoms. The smallest absolute Gasteiger partial charge is 0.0162 e. The van der Waals surface area contributed by atoms with Gasteiger partial charge in [-0.2, -0.15) is 0 Å². The predicted octanol–water partition coefficient (Wildman–Crippen LogP) is 5.88. The summed E-state index contributed by atoms with van der Waals surface area (Å²) in [5.74, 6) is 1.50. The van der Waals surface area contributed by atoms with Crippen molar-refractivity contribution in [1.82, 2.24) is 0 Å². The van der Waals surface area contributed by atoms with Gasteiger partial charge in [0, 0.05) is 0 Å². The Labute approximate surface area is 107 Å². The van der Waals surface area contributed by atoms with Gasteiger partial charge in [0.2, 0.25) is 0 Å². The first-order valence-electron chi connectivity index (χ1n) is 7.37. The highest BCUT2D eigenvalue weighted by atomic mass is 14.2. The molecule has 0 unspecified atom stereocenters. The summed E-state index contributed by atoms with van der Waals surface area (Å²) in [4.78, 5) is 0. The van der Waals surface area contributed by atoms with E-state index in [4.69, 9.17) is 0 Å². The Bertz CT molecular complexity index is 288. The van der Waals surface area contributed by atoms with Crippen LogP contribution in [0.15, 0.2) is 24.3 Å². The van der Waals surface area contributed by atoms with Crippen LogP contribution in [-0.4, -0.2) is 0 Å². The third kappa shape index (κ3) is 4.18. The van der Waals surface area contributed by atoms with Crippen molar-refractivity contribution < 1.29 is 0 Å². The van der Waals surface area contributed by atoms with E-state index in [9.17, 15) is 0 Å². The monoisotopic (exact) mass is 232 g/mol. The Kier molecular flexibility index (Phi) is 6.32. The van der Waals surface area contributed by atoms with E-state index >= 15 is 0 Å². The summed E-state index contributed by atoms with van der Waals surface area (Å²) in [6.07, 6.45) is 7.11. The van der Waals surface area contributed by atoms with Gasteiger partial charge in [-0.05, 0) is 35.8 Å². The van der Waals surface area contributed by atoms with E-state index in [0.717, 1.165) is 5.92 Å². The van der Waals surface area contributed by atoms with Gasteiger partial charge in [-0.1, -0.05) is 71.2 Å². The van der Waals surface area contributed by atoms with Gasteiger partial charge in [-0.3, -0.25) is 0 Å². The van der Waals surface area contributed by atoms with E-state index < -0.39 is 0 Å². The van der Waals surface area contributed by atoms with Crippen LogP contribution in [0.2, 0.25) is 0 Å². The van der Waals surface area contributed by atoms with Gasteiger partial charge in [0.25, 0.3) is 0 Å². The van der Waals surface area contributed by atoms with Crippen molar-refractivity contribution in [2.75, 3.05) is 0 Å². The molecule has 17 heavy (non-hydrogen) atoms. The molecule has 0 heteroatoms. The number of hydrogen-bond donors (Lipinski definition) is 0. The molecule has 0 nitrogen and oxygen atoms in total. The molecule has 1 aliphatic rings. The Balaban J connectivity index is 0.000000686. The fourth-order valence-corrected chi connectivity index (χ4v) is 2.59. The maximum Gasteiger partial charge on any atom is -0.0162 e. The average molecular weight is 232 g/mol. The highest BCUT2D eigenvalue weighted by molar-refractivity contribution is 5.27. The summed E-state index contributed by atoms with van der Waals surface area (Å²) >= 11 is 0. The highest BCUT2D eigenvalue weighted by Gasteiger charge is 2.15. The summed E-state index contributed by atoms with van der Waals surface area (Å²) in [6.45, 7) is 8.52. The molecule has 1 aliphatic carbocycles. The van der Waals surface area contributed by atoms with Crippen LogP contribution in [0.3, 0.4) is 0 Å². The first-order valence-corrected chi connectivity index (χ1v) is 7.37. The van der Waals surface area contributed by atoms with E-state index in [1.807, 2.05) is 13.8 Å². The fourth-order valence-electron chi connectivity index (χ4n) is 2.59. The van der Waals surface area contributed by atoms with Crippen molar-refractivity contribution in [2.24, 2.45) is 0 Å². The molecular weight excluding hydrogens is 204 g/mol. The molecule has 0 atom stereocenters. The van der Waals surface area contributed by atoms with E-state index in [-0.39, 0.29) is 0 Å². The Morgan fingerprint density at radius 1 is 0.882 bits per heavy atom. The molecule has 1 fully saturated rings. The van der Waals surface area contributed by atoms with Crippen LogP contribution in [0.4, 0.5) is 0 Å². The molecule has 1 aromatic rings. The molecule has 0 saturated heterocycles. The number of rotatable bonds is 2. The van der Waals surface area contributed by atoms with Crippen LogP contribution in [0.5, 0.6) is 0 Å². The van der Waals surface area contributed by atoms with Gasteiger partial charge >= 0.3 is 0 Å². The van der Waals surface area contributed by atoms with Crippen LogP contribution in [-0.2, 0) is 0 Å². The van der Waals surface area contributed by atoms with Gasteiger partial charge in [-0.15, -0.1) is 0 Å². The minimum absolute atomic E-state index is 0.658. The quantitative estimate of drug-likeness (QED) is 0.597. The summed E-state index contributed by atoms with van der Waals surface area (Å²) in [5.41, 5.74) is 3.04. The second kappa shape index (κ2) is 7.53. The molecule has 96 valence electrons. The van der Waals surface area contributed by atoms with Gasteiger partial charge < -0.3 is 0 Å². The minimum atomic E-state index is 0.658.